The van der Waals surface area contributed by atoms with Crippen LogP contribution in [0.15, 0.2) is 53.3 Å². The fraction of sp³-hybridized carbons (Fsp3) is 0.125. The lowest BCUT2D eigenvalue weighted by molar-refractivity contribution is 0.652. The van der Waals surface area contributed by atoms with Gasteiger partial charge in [-0.05, 0) is 48.5 Å². The Morgan fingerprint density at radius 1 is 1.14 bits per heavy atom. The monoisotopic (exact) mass is 316 g/mol. The normalized spacial score (nSPS) is 10.9. The lowest BCUT2D eigenvalue weighted by Crippen LogP contribution is -2.23. The van der Waals surface area contributed by atoms with E-state index in [0.29, 0.717) is 28.1 Å². The Bertz CT molecular complexity index is 914. The minimum Gasteiger partial charge on any atom is -0.332 e. The van der Waals surface area contributed by atoms with Gasteiger partial charge < -0.3 is 4.98 Å². The highest BCUT2D eigenvalue weighted by atomic mass is 35.5. The first-order valence-corrected chi connectivity index (χ1v) is 7.40. The average Bonchev–Trinajstić information content (AvgIpc) is 2.47. The molecule has 2 aromatic carbocycles. The number of para-hydroxylation sites is 1. The summed E-state index contributed by atoms with van der Waals surface area (Å²) in [6, 6.07) is 15.0. The van der Waals surface area contributed by atoms with Crippen molar-refractivity contribution in [3.8, 4) is 0 Å². The Morgan fingerprint density at radius 2 is 1.95 bits per heavy atom. The summed E-state index contributed by atoms with van der Waals surface area (Å²) < 4.78 is 2.04. The van der Waals surface area contributed by atoms with Crippen molar-refractivity contribution >= 4 is 34.7 Å². The van der Waals surface area contributed by atoms with E-state index in [1.807, 2.05) is 42.5 Å². The van der Waals surface area contributed by atoms with E-state index in [-0.39, 0.29) is 5.56 Å². The van der Waals surface area contributed by atoms with Gasteiger partial charge in [-0.2, -0.15) is 0 Å². The number of rotatable bonds is 3. The van der Waals surface area contributed by atoms with Crippen molar-refractivity contribution in [1.82, 2.24) is 9.55 Å². The van der Waals surface area contributed by atoms with Crippen molar-refractivity contribution < 1.29 is 0 Å². The van der Waals surface area contributed by atoms with Crippen molar-refractivity contribution in [2.75, 3.05) is 0 Å². The van der Waals surface area contributed by atoms with Gasteiger partial charge in [0.2, 0.25) is 0 Å². The molecule has 0 saturated carbocycles. The molecule has 0 saturated heterocycles. The minimum absolute atomic E-state index is 0.0589. The molecule has 5 heteroatoms. The van der Waals surface area contributed by atoms with E-state index in [4.69, 9.17) is 23.8 Å². The van der Waals surface area contributed by atoms with Crippen molar-refractivity contribution in [2.45, 2.75) is 13.0 Å². The molecule has 1 N–H and O–H groups in total. The van der Waals surface area contributed by atoms with Gasteiger partial charge in [0.05, 0.1) is 10.9 Å². The number of hydrogen-bond acceptors (Lipinski definition) is 2. The number of halogens is 1. The molecule has 0 aliphatic rings. The highest BCUT2D eigenvalue weighted by molar-refractivity contribution is 7.71. The SMILES string of the molecule is O=c1c2ccccc2[nH]c(=S)n1CCc1cccc(Cl)c1. The van der Waals surface area contributed by atoms with Crippen LogP contribution in [-0.2, 0) is 13.0 Å². The number of fused-ring (bicyclic) bond motifs is 1. The zero-order valence-electron chi connectivity index (χ0n) is 11.2. The summed E-state index contributed by atoms with van der Waals surface area (Å²) in [5.41, 5.74) is 1.79. The summed E-state index contributed by atoms with van der Waals surface area (Å²) in [5.74, 6) is 0. The van der Waals surface area contributed by atoms with Crippen LogP contribution in [0.25, 0.3) is 10.9 Å². The summed E-state index contributed by atoms with van der Waals surface area (Å²) in [6.45, 7) is 0.527. The predicted octanol–water partition coefficient (Wildman–Crippen LogP) is 3.96. The molecule has 0 aliphatic carbocycles. The van der Waals surface area contributed by atoms with E-state index >= 15 is 0 Å². The smallest absolute Gasteiger partial charge is 0.262 e. The summed E-state index contributed by atoms with van der Waals surface area (Å²) in [4.78, 5) is 15.6. The van der Waals surface area contributed by atoms with Crippen LogP contribution in [0.4, 0.5) is 0 Å². The number of H-pyrrole nitrogens is 1. The Kier molecular flexibility index (Phi) is 3.90. The number of nitrogens with zero attached hydrogens (tertiary/aromatic N) is 1. The molecule has 3 rings (SSSR count). The molecule has 0 spiro atoms. The topological polar surface area (TPSA) is 37.8 Å². The molecule has 0 bridgehead atoms. The van der Waals surface area contributed by atoms with Crippen LogP contribution < -0.4 is 5.56 Å². The Balaban J connectivity index is 1.97. The molecule has 3 nitrogen and oxygen atoms in total. The largest absolute Gasteiger partial charge is 0.332 e. The number of aromatic nitrogens is 2. The molecule has 0 atom stereocenters. The minimum atomic E-state index is -0.0589. The third-order valence-electron chi connectivity index (χ3n) is 3.40. The number of hydrogen-bond donors (Lipinski definition) is 1. The van der Waals surface area contributed by atoms with Crippen LogP contribution >= 0.6 is 23.8 Å². The van der Waals surface area contributed by atoms with Crippen molar-refractivity contribution in [1.29, 1.82) is 0 Å². The number of aryl methyl sites for hydroxylation is 1. The van der Waals surface area contributed by atoms with Crippen LogP contribution in [-0.4, -0.2) is 9.55 Å². The summed E-state index contributed by atoms with van der Waals surface area (Å²) in [6.07, 6.45) is 0.705. The lowest BCUT2D eigenvalue weighted by Gasteiger charge is -2.08. The van der Waals surface area contributed by atoms with Crippen molar-refractivity contribution in [2.24, 2.45) is 0 Å². The van der Waals surface area contributed by atoms with Gasteiger partial charge in [0.15, 0.2) is 4.77 Å². The fourth-order valence-corrected chi connectivity index (χ4v) is 2.83. The van der Waals surface area contributed by atoms with Gasteiger partial charge in [-0.1, -0.05) is 35.9 Å². The molecule has 0 amide bonds. The molecule has 0 fully saturated rings. The third-order valence-corrected chi connectivity index (χ3v) is 3.96. The van der Waals surface area contributed by atoms with Crippen LogP contribution in [0.2, 0.25) is 5.02 Å². The maximum Gasteiger partial charge on any atom is 0.262 e. The van der Waals surface area contributed by atoms with Gasteiger partial charge in [-0.15, -0.1) is 0 Å². The molecule has 1 heterocycles. The van der Waals surface area contributed by atoms with Crippen LogP contribution in [0.5, 0.6) is 0 Å². The van der Waals surface area contributed by atoms with Crippen LogP contribution in [0.1, 0.15) is 5.56 Å². The van der Waals surface area contributed by atoms with Crippen molar-refractivity contribution in [3.05, 3.63) is 74.2 Å². The second kappa shape index (κ2) is 5.84. The van der Waals surface area contributed by atoms with Crippen molar-refractivity contribution in [3.63, 3.8) is 0 Å². The quantitative estimate of drug-likeness (QED) is 0.743. The average molecular weight is 317 g/mol. The van der Waals surface area contributed by atoms with E-state index in [0.717, 1.165) is 11.1 Å². The first-order valence-electron chi connectivity index (χ1n) is 6.61. The molecule has 3 aromatic rings. The molecular weight excluding hydrogens is 304 g/mol. The van der Waals surface area contributed by atoms with Crippen LogP contribution in [0, 0.1) is 4.77 Å². The molecule has 1 aromatic heterocycles. The standard InChI is InChI=1S/C16H13ClN2OS/c17-12-5-3-4-11(10-12)8-9-19-15(20)13-6-1-2-7-14(13)18-16(19)21/h1-7,10H,8-9H2,(H,18,21). The van der Waals surface area contributed by atoms with E-state index in [2.05, 4.69) is 4.98 Å². The van der Waals surface area contributed by atoms with Crippen LogP contribution in [0.3, 0.4) is 0 Å². The molecule has 21 heavy (non-hydrogen) atoms. The second-order valence-corrected chi connectivity index (χ2v) is 5.64. The first kappa shape index (κ1) is 14.0. The third kappa shape index (κ3) is 2.91. The molecule has 106 valence electrons. The van der Waals surface area contributed by atoms with Gasteiger partial charge in [0, 0.05) is 11.6 Å². The Labute approximate surface area is 131 Å². The molecule has 0 unspecified atom stereocenters. The summed E-state index contributed by atoms with van der Waals surface area (Å²) >= 11 is 11.3. The van der Waals surface area contributed by atoms with Gasteiger partial charge in [0.25, 0.3) is 5.56 Å². The summed E-state index contributed by atoms with van der Waals surface area (Å²) in [5, 5.41) is 1.35. The lowest BCUT2D eigenvalue weighted by atomic mass is 10.1. The second-order valence-electron chi connectivity index (χ2n) is 4.81. The fourth-order valence-electron chi connectivity index (χ4n) is 2.34. The van der Waals surface area contributed by atoms with E-state index < -0.39 is 0 Å². The highest BCUT2D eigenvalue weighted by Crippen LogP contribution is 2.12. The van der Waals surface area contributed by atoms with E-state index in [1.54, 1.807) is 10.6 Å². The Morgan fingerprint density at radius 3 is 2.76 bits per heavy atom. The van der Waals surface area contributed by atoms with Gasteiger partial charge in [0.1, 0.15) is 0 Å². The van der Waals surface area contributed by atoms with Gasteiger partial charge in [-0.3, -0.25) is 9.36 Å². The van der Waals surface area contributed by atoms with E-state index in [1.165, 1.54) is 0 Å². The number of benzene rings is 2. The van der Waals surface area contributed by atoms with Gasteiger partial charge in [-0.25, -0.2) is 0 Å². The molecule has 0 radical (unpaired) electrons. The molecular formula is C16H13ClN2OS. The first-order chi connectivity index (χ1) is 10.1. The maximum absolute atomic E-state index is 12.5. The molecule has 0 aliphatic heterocycles. The highest BCUT2D eigenvalue weighted by Gasteiger charge is 2.05. The number of aromatic amines is 1. The maximum atomic E-state index is 12.5. The number of nitrogens with one attached hydrogen (secondary N) is 1. The zero-order chi connectivity index (χ0) is 14.8. The predicted molar refractivity (Wildman–Crippen MR) is 88.5 cm³/mol. The Hall–Kier alpha value is -1.91. The van der Waals surface area contributed by atoms with Gasteiger partial charge >= 0.3 is 0 Å². The summed E-state index contributed by atoms with van der Waals surface area (Å²) in [7, 11) is 0. The zero-order valence-corrected chi connectivity index (χ0v) is 12.7. The van der Waals surface area contributed by atoms with E-state index in [9.17, 15) is 4.79 Å².